The highest BCUT2D eigenvalue weighted by atomic mass is 16.6. The summed E-state index contributed by atoms with van der Waals surface area (Å²) in [5, 5.41) is 2.65. The van der Waals surface area contributed by atoms with Gasteiger partial charge in [0, 0.05) is 19.4 Å². The third-order valence-electron chi connectivity index (χ3n) is 3.61. The molecular formula is C18H24N2O4. The van der Waals surface area contributed by atoms with E-state index in [1.54, 1.807) is 20.8 Å². The highest BCUT2D eigenvalue weighted by Crippen LogP contribution is 2.12. The topological polar surface area (TPSA) is 75.7 Å². The molecule has 6 heteroatoms. The molecule has 0 spiro atoms. The van der Waals surface area contributed by atoms with Gasteiger partial charge in [-0.1, -0.05) is 30.3 Å². The maximum atomic E-state index is 12.7. The normalized spacial score (nSPS) is 16.0. The summed E-state index contributed by atoms with van der Waals surface area (Å²) in [7, 11) is 0. The molecule has 1 fully saturated rings. The van der Waals surface area contributed by atoms with Crippen LogP contribution in [-0.2, 0) is 20.7 Å². The Labute approximate surface area is 142 Å². The molecule has 0 saturated carbocycles. The predicted molar refractivity (Wildman–Crippen MR) is 89.5 cm³/mol. The maximum absolute atomic E-state index is 12.7. The standard InChI is InChI=1S/C18H24N2O4/c1-18(2,3)24-17(23)19-15(11-13-7-5-4-6-8-13)16(22)20-10-9-14(21)12-20/h4-8,15H,9-12H2,1-3H3,(H,19,23)/t15-/m0/s1. The third-order valence-corrected chi connectivity index (χ3v) is 3.61. The van der Waals surface area contributed by atoms with Crippen molar-refractivity contribution in [3.63, 3.8) is 0 Å². The van der Waals surface area contributed by atoms with Gasteiger partial charge < -0.3 is 15.0 Å². The summed E-state index contributed by atoms with van der Waals surface area (Å²) >= 11 is 0. The van der Waals surface area contributed by atoms with Crippen LogP contribution in [0.2, 0.25) is 0 Å². The average Bonchev–Trinajstić information content (AvgIpc) is 2.91. The molecular weight excluding hydrogens is 308 g/mol. The summed E-state index contributed by atoms with van der Waals surface area (Å²) in [5.41, 5.74) is 0.283. The van der Waals surface area contributed by atoms with Crippen molar-refractivity contribution in [3.8, 4) is 0 Å². The van der Waals surface area contributed by atoms with Crippen LogP contribution < -0.4 is 5.32 Å². The van der Waals surface area contributed by atoms with Crippen LogP contribution in [0.15, 0.2) is 30.3 Å². The minimum Gasteiger partial charge on any atom is -0.444 e. The molecule has 1 saturated heterocycles. The van der Waals surface area contributed by atoms with Crippen LogP contribution in [0, 0.1) is 0 Å². The summed E-state index contributed by atoms with van der Waals surface area (Å²) in [6.45, 7) is 5.80. The first-order valence-corrected chi connectivity index (χ1v) is 8.08. The van der Waals surface area contributed by atoms with Crippen molar-refractivity contribution in [3.05, 3.63) is 35.9 Å². The highest BCUT2D eigenvalue weighted by molar-refractivity contribution is 5.92. The summed E-state index contributed by atoms with van der Waals surface area (Å²) in [6, 6.07) is 8.68. The van der Waals surface area contributed by atoms with E-state index < -0.39 is 17.7 Å². The fraction of sp³-hybridized carbons (Fsp3) is 0.500. The lowest BCUT2D eigenvalue weighted by molar-refractivity contribution is -0.133. The molecule has 2 rings (SSSR count). The van der Waals surface area contributed by atoms with Gasteiger partial charge in [-0.25, -0.2) is 4.79 Å². The Morgan fingerprint density at radius 1 is 1.25 bits per heavy atom. The van der Waals surface area contributed by atoms with Crippen LogP contribution in [0.3, 0.4) is 0 Å². The van der Waals surface area contributed by atoms with E-state index in [1.165, 1.54) is 4.90 Å². The number of benzene rings is 1. The molecule has 1 aromatic carbocycles. The minimum atomic E-state index is -0.756. The van der Waals surface area contributed by atoms with Gasteiger partial charge in [0.15, 0.2) is 5.78 Å². The summed E-state index contributed by atoms with van der Waals surface area (Å²) in [5.74, 6) is -0.213. The van der Waals surface area contributed by atoms with E-state index in [9.17, 15) is 14.4 Å². The van der Waals surface area contributed by atoms with Crippen molar-refractivity contribution in [2.75, 3.05) is 13.1 Å². The van der Waals surface area contributed by atoms with E-state index >= 15 is 0 Å². The van der Waals surface area contributed by atoms with Crippen molar-refractivity contribution in [2.24, 2.45) is 0 Å². The van der Waals surface area contributed by atoms with Gasteiger partial charge in [-0.2, -0.15) is 0 Å². The van der Waals surface area contributed by atoms with Gasteiger partial charge in [0.1, 0.15) is 11.6 Å². The number of hydrogen-bond donors (Lipinski definition) is 1. The number of nitrogens with one attached hydrogen (secondary N) is 1. The van der Waals surface area contributed by atoms with E-state index in [1.807, 2.05) is 30.3 Å². The molecule has 1 aliphatic rings. The summed E-state index contributed by atoms with van der Waals surface area (Å²) in [4.78, 5) is 37.7. The zero-order valence-corrected chi connectivity index (χ0v) is 14.4. The average molecular weight is 332 g/mol. The van der Waals surface area contributed by atoms with Crippen LogP contribution in [0.1, 0.15) is 32.8 Å². The number of hydrogen-bond acceptors (Lipinski definition) is 4. The Morgan fingerprint density at radius 2 is 1.92 bits per heavy atom. The molecule has 1 aromatic rings. The Morgan fingerprint density at radius 3 is 2.46 bits per heavy atom. The van der Waals surface area contributed by atoms with Crippen LogP contribution >= 0.6 is 0 Å². The Bertz CT molecular complexity index is 607. The monoisotopic (exact) mass is 332 g/mol. The van der Waals surface area contributed by atoms with Crippen molar-refractivity contribution in [1.29, 1.82) is 0 Å². The first kappa shape index (κ1) is 18.0. The first-order valence-electron chi connectivity index (χ1n) is 8.08. The zero-order valence-electron chi connectivity index (χ0n) is 14.4. The number of carbonyl (C=O) groups excluding carboxylic acids is 3. The molecule has 0 aromatic heterocycles. The van der Waals surface area contributed by atoms with Crippen LogP contribution in [0.5, 0.6) is 0 Å². The summed E-state index contributed by atoms with van der Waals surface area (Å²) in [6.07, 6.45) is 0.0853. The van der Waals surface area contributed by atoms with Crippen LogP contribution in [0.25, 0.3) is 0 Å². The molecule has 0 aliphatic carbocycles. The van der Waals surface area contributed by atoms with Gasteiger partial charge in [0.05, 0.1) is 6.54 Å². The SMILES string of the molecule is CC(C)(C)OC(=O)N[C@@H](Cc1ccccc1)C(=O)N1CCC(=O)C1. The van der Waals surface area contributed by atoms with Gasteiger partial charge in [-0.05, 0) is 26.3 Å². The van der Waals surface area contributed by atoms with Crippen molar-refractivity contribution < 1.29 is 19.1 Å². The molecule has 130 valence electrons. The molecule has 1 heterocycles. The molecule has 0 unspecified atom stereocenters. The van der Waals surface area contributed by atoms with Gasteiger partial charge >= 0.3 is 6.09 Å². The first-order chi connectivity index (χ1) is 11.2. The number of likely N-dealkylation sites (tertiary alicyclic amines) is 1. The molecule has 24 heavy (non-hydrogen) atoms. The van der Waals surface area contributed by atoms with Crippen molar-refractivity contribution >= 4 is 17.8 Å². The Hall–Kier alpha value is -2.37. The number of Topliss-reactive ketones (excluding diaryl/α,β-unsaturated/α-hetero) is 1. The van der Waals surface area contributed by atoms with E-state index in [0.29, 0.717) is 19.4 Å². The predicted octanol–water partition coefficient (Wildman–Crippen LogP) is 1.92. The fourth-order valence-corrected chi connectivity index (χ4v) is 2.54. The lowest BCUT2D eigenvalue weighted by atomic mass is 10.0. The second kappa shape index (κ2) is 7.47. The van der Waals surface area contributed by atoms with Crippen molar-refractivity contribution in [2.45, 2.75) is 45.3 Å². The minimum absolute atomic E-state index is 0.0408. The van der Waals surface area contributed by atoms with Crippen molar-refractivity contribution in [1.82, 2.24) is 10.2 Å². The van der Waals surface area contributed by atoms with E-state index in [-0.39, 0.29) is 18.2 Å². The molecule has 1 aliphatic heterocycles. The van der Waals surface area contributed by atoms with Crippen LogP contribution in [0.4, 0.5) is 4.79 Å². The number of alkyl carbamates (subject to hydrolysis) is 1. The number of ketones is 1. The van der Waals surface area contributed by atoms with Gasteiger partial charge in [0.25, 0.3) is 0 Å². The Kier molecular flexibility index (Phi) is 5.59. The fourth-order valence-electron chi connectivity index (χ4n) is 2.54. The smallest absolute Gasteiger partial charge is 0.408 e. The number of rotatable bonds is 4. The second-order valence-corrected chi connectivity index (χ2v) is 6.94. The highest BCUT2D eigenvalue weighted by Gasteiger charge is 2.31. The lowest BCUT2D eigenvalue weighted by Gasteiger charge is -2.26. The lowest BCUT2D eigenvalue weighted by Crippen LogP contribution is -2.50. The van der Waals surface area contributed by atoms with Gasteiger partial charge in [-0.15, -0.1) is 0 Å². The number of ether oxygens (including phenoxy) is 1. The number of carbonyl (C=O) groups is 3. The van der Waals surface area contributed by atoms with E-state index in [4.69, 9.17) is 4.74 Å². The van der Waals surface area contributed by atoms with Gasteiger partial charge in [-0.3, -0.25) is 9.59 Å². The van der Waals surface area contributed by atoms with Gasteiger partial charge in [0.2, 0.25) is 5.91 Å². The maximum Gasteiger partial charge on any atom is 0.408 e. The van der Waals surface area contributed by atoms with E-state index in [0.717, 1.165) is 5.56 Å². The Balaban J connectivity index is 2.10. The quantitative estimate of drug-likeness (QED) is 0.914. The zero-order chi connectivity index (χ0) is 17.7. The third kappa shape index (κ3) is 5.37. The number of amides is 2. The van der Waals surface area contributed by atoms with E-state index in [2.05, 4.69) is 5.32 Å². The second-order valence-electron chi connectivity index (χ2n) is 6.94. The molecule has 6 nitrogen and oxygen atoms in total. The summed E-state index contributed by atoms with van der Waals surface area (Å²) < 4.78 is 5.25. The van der Waals surface area contributed by atoms with Crippen LogP contribution in [-0.4, -0.2) is 47.4 Å². The largest absolute Gasteiger partial charge is 0.444 e. The number of nitrogens with zero attached hydrogens (tertiary/aromatic N) is 1. The molecule has 1 N–H and O–H groups in total. The molecule has 0 radical (unpaired) electrons. The molecule has 2 amide bonds. The molecule has 1 atom stereocenters. The molecule has 0 bridgehead atoms.